The van der Waals surface area contributed by atoms with Gasteiger partial charge in [0.25, 0.3) is 0 Å². The highest BCUT2D eigenvalue weighted by Gasteiger charge is 2.41. The number of carbonyl (C=O) groups is 1. The molecule has 10 nitrogen and oxygen atoms in total. The van der Waals surface area contributed by atoms with Gasteiger partial charge in [0.1, 0.15) is 12.2 Å². The van der Waals surface area contributed by atoms with E-state index in [1.807, 2.05) is 0 Å². The van der Waals surface area contributed by atoms with Crippen molar-refractivity contribution in [2.75, 3.05) is 40.5 Å². The van der Waals surface area contributed by atoms with Gasteiger partial charge in [0.2, 0.25) is 11.8 Å². The zero-order chi connectivity index (χ0) is 21.8. The fourth-order valence-electron chi connectivity index (χ4n) is 4.30. The fraction of sp³-hybridized carbons (Fsp3) is 0.619. The Labute approximate surface area is 181 Å². The Morgan fingerprint density at radius 3 is 2.68 bits per heavy atom. The molecule has 0 N–H and O–H groups in total. The molecule has 0 aromatic carbocycles. The molecule has 2 aromatic rings. The lowest BCUT2D eigenvalue weighted by molar-refractivity contribution is -0.133. The summed E-state index contributed by atoms with van der Waals surface area (Å²) in [6.45, 7) is 5.39. The molecule has 2 aromatic heterocycles. The lowest BCUT2D eigenvalue weighted by atomic mass is 9.90. The van der Waals surface area contributed by atoms with Gasteiger partial charge in [-0.3, -0.25) is 14.7 Å². The number of methoxy groups -OCH3 is 2. The number of hydrogen-bond donors (Lipinski definition) is 0. The van der Waals surface area contributed by atoms with Crippen LogP contribution in [-0.4, -0.2) is 76.9 Å². The number of likely N-dealkylation sites (tertiary alicyclic amines) is 1. The van der Waals surface area contributed by atoms with Crippen molar-refractivity contribution in [3.8, 4) is 11.5 Å². The minimum atomic E-state index is -0.358. The Bertz CT molecular complexity index is 909. The first kappa shape index (κ1) is 21.5. The summed E-state index contributed by atoms with van der Waals surface area (Å²) in [5, 5.41) is 3.82. The van der Waals surface area contributed by atoms with E-state index >= 15 is 0 Å². The van der Waals surface area contributed by atoms with Gasteiger partial charge in [-0.25, -0.2) is 0 Å². The summed E-state index contributed by atoms with van der Waals surface area (Å²) in [6, 6.07) is 1.80. The normalized spacial score (nSPS) is 19.5. The lowest BCUT2D eigenvalue weighted by Crippen LogP contribution is -2.51. The molecule has 168 valence electrons. The lowest BCUT2D eigenvalue weighted by Gasteiger charge is -2.42. The third-order valence-corrected chi connectivity index (χ3v) is 5.96. The Kier molecular flexibility index (Phi) is 6.38. The third kappa shape index (κ3) is 4.80. The number of piperidine rings is 1. The van der Waals surface area contributed by atoms with E-state index in [1.165, 1.54) is 0 Å². The molecule has 10 heteroatoms. The van der Waals surface area contributed by atoms with Gasteiger partial charge in [-0.15, -0.1) is 0 Å². The van der Waals surface area contributed by atoms with Crippen LogP contribution >= 0.6 is 0 Å². The molecule has 0 unspecified atom stereocenters. The molecule has 0 aliphatic carbocycles. The largest absolute Gasteiger partial charge is 0.493 e. The van der Waals surface area contributed by atoms with Crippen molar-refractivity contribution in [2.24, 2.45) is 0 Å². The van der Waals surface area contributed by atoms with Crippen molar-refractivity contribution >= 4 is 5.91 Å². The third-order valence-electron chi connectivity index (χ3n) is 5.96. The predicted octanol–water partition coefficient (Wildman–Crippen LogP) is 1.57. The number of aryl methyl sites for hydroxylation is 1. The molecule has 0 saturated carbocycles. The first-order valence-corrected chi connectivity index (χ1v) is 10.5. The van der Waals surface area contributed by atoms with E-state index in [9.17, 15) is 4.79 Å². The van der Waals surface area contributed by atoms with Crippen molar-refractivity contribution < 1.29 is 23.5 Å². The molecule has 4 rings (SSSR count). The molecule has 2 aliphatic heterocycles. The number of nitrogens with zero attached hydrogens (tertiary/aromatic N) is 5. The van der Waals surface area contributed by atoms with Crippen LogP contribution in [0.25, 0.3) is 0 Å². The van der Waals surface area contributed by atoms with Gasteiger partial charge in [0.15, 0.2) is 17.3 Å². The summed E-state index contributed by atoms with van der Waals surface area (Å²) < 4.78 is 22.4. The Morgan fingerprint density at radius 2 is 2.00 bits per heavy atom. The molecule has 31 heavy (non-hydrogen) atoms. The van der Waals surface area contributed by atoms with Crippen molar-refractivity contribution in [3.63, 3.8) is 0 Å². The summed E-state index contributed by atoms with van der Waals surface area (Å²) in [7, 11) is 3.25. The van der Waals surface area contributed by atoms with Crippen LogP contribution < -0.4 is 9.47 Å². The van der Waals surface area contributed by atoms with Crippen LogP contribution in [0.4, 0.5) is 0 Å². The summed E-state index contributed by atoms with van der Waals surface area (Å²) in [5.74, 6) is 2.43. The van der Waals surface area contributed by atoms with Gasteiger partial charge in [0.05, 0.1) is 39.4 Å². The molecule has 1 spiro atoms. The predicted molar refractivity (Wildman–Crippen MR) is 110 cm³/mol. The highest BCUT2D eigenvalue weighted by molar-refractivity contribution is 5.76. The molecule has 2 saturated heterocycles. The number of hydrogen-bond acceptors (Lipinski definition) is 9. The average molecular weight is 431 g/mol. The zero-order valence-corrected chi connectivity index (χ0v) is 18.3. The highest BCUT2D eigenvalue weighted by atomic mass is 16.5. The van der Waals surface area contributed by atoms with Crippen LogP contribution in [0.2, 0.25) is 0 Å². The van der Waals surface area contributed by atoms with Crippen LogP contribution in [0.15, 0.2) is 16.8 Å². The van der Waals surface area contributed by atoms with Crippen molar-refractivity contribution in [3.05, 3.63) is 29.7 Å². The average Bonchev–Trinajstić information content (AvgIpc) is 3.12. The van der Waals surface area contributed by atoms with E-state index in [0.717, 1.165) is 31.6 Å². The van der Waals surface area contributed by atoms with Gasteiger partial charge in [0, 0.05) is 31.9 Å². The number of pyridine rings is 1. The Balaban J connectivity index is 1.41. The summed E-state index contributed by atoms with van der Waals surface area (Å²) >= 11 is 0. The first-order valence-electron chi connectivity index (χ1n) is 10.5. The second-order valence-corrected chi connectivity index (χ2v) is 8.04. The molecule has 1 amide bonds. The number of ether oxygens (including phenoxy) is 3. The van der Waals surface area contributed by atoms with Crippen LogP contribution in [0.1, 0.15) is 36.7 Å². The molecule has 2 aliphatic rings. The van der Waals surface area contributed by atoms with E-state index in [-0.39, 0.29) is 11.5 Å². The smallest absolute Gasteiger partial charge is 0.246 e. The number of carbonyl (C=O) groups excluding carboxylic acids is 1. The first-order chi connectivity index (χ1) is 15.0. The molecule has 0 radical (unpaired) electrons. The molecule has 2 fully saturated rings. The fourth-order valence-corrected chi connectivity index (χ4v) is 4.30. The van der Waals surface area contributed by atoms with Gasteiger partial charge < -0.3 is 23.6 Å². The number of amides is 1. The maximum atomic E-state index is 12.6. The quantitative estimate of drug-likeness (QED) is 0.674. The standard InChI is InChI=1S/C21H29N5O5/c1-15-23-18(31-24-15)13-26-14-21(30-11-5-19(26)27)6-9-25(10-7-21)12-16-20(29-3)17(28-2)4-8-22-16/h4,8H,5-7,9-14H2,1-3H3. The molecular weight excluding hydrogens is 402 g/mol. The zero-order valence-electron chi connectivity index (χ0n) is 18.3. The maximum Gasteiger partial charge on any atom is 0.246 e. The second-order valence-electron chi connectivity index (χ2n) is 8.04. The van der Waals surface area contributed by atoms with E-state index in [4.69, 9.17) is 18.7 Å². The number of aromatic nitrogens is 3. The van der Waals surface area contributed by atoms with Gasteiger partial charge in [-0.1, -0.05) is 5.16 Å². The van der Waals surface area contributed by atoms with E-state index < -0.39 is 0 Å². The minimum absolute atomic E-state index is 0.0560. The summed E-state index contributed by atoms with van der Waals surface area (Å²) in [6.07, 6.45) is 3.75. The Morgan fingerprint density at radius 1 is 1.19 bits per heavy atom. The van der Waals surface area contributed by atoms with Crippen molar-refractivity contribution in [1.29, 1.82) is 0 Å². The topological polar surface area (TPSA) is 103 Å². The molecule has 0 bridgehead atoms. The van der Waals surface area contributed by atoms with Crippen LogP contribution in [0.5, 0.6) is 11.5 Å². The second kappa shape index (κ2) is 9.19. The van der Waals surface area contributed by atoms with E-state index in [1.54, 1.807) is 38.3 Å². The van der Waals surface area contributed by atoms with Crippen LogP contribution in [-0.2, 0) is 22.6 Å². The van der Waals surface area contributed by atoms with Gasteiger partial charge in [-0.2, -0.15) is 4.98 Å². The summed E-state index contributed by atoms with van der Waals surface area (Å²) in [4.78, 5) is 25.5. The SMILES string of the molecule is COc1ccnc(CN2CCC3(CC2)CN(Cc2nc(C)no2)C(=O)CCO3)c1OC. The highest BCUT2D eigenvalue weighted by Crippen LogP contribution is 2.34. The number of rotatable bonds is 6. The maximum absolute atomic E-state index is 12.6. The van der Waals surface area contributed by atoms with Gasteiger partial charge in [-0.05, 0) is 19.8 Å². The molecule has 0 atom stereocenters. The van der Waals surface area contributed by atoms with Crippen molar-refractivity contribution in [1.82, 2.24) is 24.9 Å². The van der Waals surface area contributed by atoms with Crippen molar-refractivity contribution in [2.45, 2.75) is 44.9 Å². The summed E-state index contributed by atoms with van der Waals surface area (Å²) in [5.41, 5.74) is 0.493. The molecular formula is C21H29N5O5. The van der Waals surface area contributed by atoms with Crippen LogP contribution in [0, 0.1) is 6.92 Å². The molecule has 4 heterocycles. The van der Waals surface area contributed by atoms with Gasteiger partial charge >= 0.3 is 0 Å². The van der Waals surface area contributed by atoms with E-state index in [0.29, 0.717) is 55.9 Å². The minimum Gasteiger partial charge on any atom is -0.493 e. The Hall–Kier alpha value is -2.72. The monoisotopic (exact) mass is 431 g/mol. The van der Waals surface area contributed by atoms with E-state index in [2.05, 4.69) is 20.0 Å². The van der Waals surface area contributed by atoms with Crippen LogP contribution in [0.3, 0.4) is 0 Å².